The molecule has 2 amide bonds. The zero-order chi connectivity index (χ0) is 29.1. The molecule has 0 spiro atoms. The van der Waals surface area contributed by atoms with Gasteiger partial charge in [-0.3, -0.25) is 4.90 Å². The number of carbonyl (C=O) groups is 2. The number of hydrogen-bond donors (Lipinski definition) is 1. The van der Waals surface area contributed by atoms with E-state index in [9.17, 15) is 9.59 Å². The topological polar surface area (TPSA) is 86.2 Å². The van der Waals surface area contributed by atoms with Crippen molar-refractivity contribution in [3.63, 3.8) is 0 Å². The number of aromatic carboxylic acids is 1. The number of likely N-dealkylation sites (tertiary alicyclic amines) is 1. The summed E-state index contributed by atoms with van der Waals surface area (Å²) < 4.78 is 5.78. The number of thioether (sulfide) groups is 1. The lowest BCUT2D eigenvalue weighted by Crippen LogP contribution is -2.48. The van der Waals surface area contributed by atoms with Gasteiger partial charge in [-0.1, -0.05) is 29.8 Å². The number of piperidine rings is 1. The monoisotopic (exact) mass is 606 g/mol. The molecule has 2 aromatic carbocycles. The quantitative estimate of drug-likeness (QED) is 0.311. The minimum atomic E-state index is -0.971. The van der Waals surface area contributed by atoms with E-state index >= 15 is 0 Å². The highest BCUT2D eigenvalue weighted by Gasteiger charge is 2.45. The number of aromatic nitrogens is 1. The highest BCUT2D eigenvalue weighted by molar-refractivity contribution is 7.99. The first-order valence-electron chi connectivity index (χ1n) is 14.6. The van der Waals surface area contributed by atoms with Crippen molar-refractivity contribution >= 4 is 35.4 Å². The Balaban J connectivity index is 1.07. The van der Waals surface area contributed by atoms with Gasteiger partial charge in [0.05, 0.1) is 11.6 Å². The Morgan fingerprint density at radius 2 is 1.76 bits per heavy atom. The van der Waals surface area contributed by atoms with Gasteiger partial charge in [-0.25, -0.2) is 14.6 Å². The van der Waals surface area contributed by atoms with Crippen molar-refractivity contribution in [1.82, 2.24) is 19.7 Å². The Morgan fingerprint density at radius 3 is 2.43 bits per heavy atom. The van der Waals surface area contributed by atoms with E-state index in [4.69, 9.17) is 21.4 Å². The third-order valence-electron chi connectivity index (χ3n) is 8.52. The first-order valence-corrected chi connectivity index (χ1v) is 16.1. The molecule has 3 aliphatic heterocycles. The van der Waals surface area contributed by atoms with Crippen LogP contribution >= 0.6 is 23.4 Å². The van der Waals surface area contributed by atoms with Gasteiger partial charge in [0.2, 0.25) is 5.88 Å². The summed E-state index contributed by atoms with van der Waals surface area (Å²) in [6.07, 6.45) is 5.82. The molecule has 3 saturated heterocycles. The summed E-state index contributed by atoms with van der Waals surface area (Å²) in [6, 6.07) is 18.9. The number of carbonyl (C=O) groups excluding carboxylic acids is 1. The van der Waals surface area contributed by atoms with Gasteiger partial charge in [0, 0.05) is 55.5 Å². The second-order valence-corrected chi connectivity index (χ2v) is 12.9. The van der Waals surface area contributed by atoms with Gasteiger partial charge < -0.3 is 19.6 Å². The maximum Gasteiger partial charge on any atom is 0.335 e. The number of rotatable bonds is 8. The summed E-state index contributed by atoms with van der Waals surface area (Å²) in [4.78, 5) is 36.1. The van der Waals surface area contributed by atoms with Crippen LogP contribution in [0.25, 0.3) is 0 Å². The van der Waals surface area contributed by atoms with Crippen LogP contribution in [0.5, 0.6) is 11.6 Å². The molecule has 4 heterocycles. The molecule has 1 unspecified atom stereocenters. The van der Waals surface area contributed by atoms with E-state index in [-0.39, 0.29) is 23.7 Å². The Morgan fingerprint density at radius 1 is 1.00 bits per heavy atom. The molecule has 0 saturated carbocycles. The number of carboxylic acid groups (broad SMARTS) is 1. The Kier molecular flexibility index (Phi) is 8.88. The average Bonchev–Trinajstić information content (AvgIpc) is 3.36. The third kappa shape index (κ3) is 6.53. The lowest BCUT2D eigenvalue weighted by molar-refractivity contribution is 0.0696. The number of ether oxygens (including phenoxy) is 1. The predicted molar refractivity (Wildman–Crippen MR) is 164 cm³/mol. The molecule has 0 bridgehead atoms. The van der Waals surface area contributed by atoms with Crippen LogP contribution in [-0.2, 0) is 6.54 Å². The SMILES string of the molecule is O=C(O)c1ccc(Oc2ccc(CN3CCC(N4C(=O)N(C5CCSCC5)CC4c4cccc(Cl)c4)CC3)cn2)cc1. The number of urea groups is 1. The van der Waals surface area contributed by atoms with Crippen LogP contribution in [-0.4, -0.2) is 80.0 Å². The first kappa shape index (κ1) is 28.8. The molecule has 1 atom stereocenters. The summed E-state index contributed by atoms with van der Waals surface area (Å²) in [5.41, 5.74) is 2.43. The van der Waals surface area contributed by atoms with Crippen LogP contribution < -0.4 is 4.74 Å². The van der Waals surface area contributed by atoms with Crippen molar-refractivity contribution in [2.75, 3.05) is 31.1 Å². The van der Waals surface area contributed by atoms with Crippen molar-refractivity contribution in [3.8, 4) is 11.6 Å². The van der Waals surface area contributed by atoms with Gasteiger partial charge >= 0.3 is 12.0 Å². The average molecular weight is 607 g/mol. The van der Waals surface area contributed by atoms with Crippen molar-refractivity contribution < 1.29 is 19.4 Å². The van der Waals surface area contributed by atoms with Crippen LogP contribution in [0.1, 0.15) is 53.2 Å². The number of benzene rings is 2. The van der Waals surface area contributed by atoms with Crippen LogP contribution in [0.15, 0.2) is 66.9 Å². The van der Waals surface area contributed by atoms with E-state index in [1.165, 1.54) is 12.1 Å². The molecule has 10 heteroatoms. The molecule has 3 aromatic rings. The summed E-state index contributed by atoms with van der Waals surface area (Å²) in [5, 5.41) is 9.77. The lowest BCUT2D eigenvalue weighted by atomic mass is 9.98. The van der Waals surface area contributed by atoms with Crippen molar-refractivity contribution in [2.24, 2.45) is 0 Å². The van der Waals surface area contributed by atoms with Crippen molar-refractivity contribution in [3.05, 3.63) is 88.6 Å². The summed E-state index contributed by atoms with van der Waals surface area (Å²) in [5.74, 6) is 2.27. The molecule has 1 N–H and O–H groups in total. The molecule has 42 heavy (non-hydrogen) atoms. The predicted octanol–water partition coefficient (Wildman–Crippen LogP) is 6.56. The molecule has 0 radical (unpaired) electrons. The van der Waals surface area contributed by atoms with Crippen molar-refractivity contribution in [2.45, 2.75) is 50.4 Å². The van der Waals surface area contributed by atoms with Gasteiger partial charge in [-0.15, -0.1) is 0 Å². The molecule has 0 aliphatic carbocycles. The van der Waals surface area contributed by atoms with E-state index in [0.717, 1.165) is 74.5 Å². The second-order valence-electron chi connectivity index (χ2n) is 11.2. The molecule has 3 fully saturated rings. The molecular formula is C32H35ClN4O4S. The highest BCUT2D eigenvalue weighted by atomic mass is 35.5. The number of hydrogen-bond acceptors (Lipinski definition) is 6. The van der Waals surface area contributed by atoms with Crippen LogP contribution in [0.4, 0.5) is 4.79 Å². The fourth-order valence-corrected chi connectivity index (χ4v) is 7.57. The van der Waals surface area contributed by atoms with Gasteiger partial charge in [-0.05, 0) is 84.7 Å². The molecule has 1 aromatic heterocycles. The van der Waals surface area contributed by atoms with E-state index in [2.05, 4.69) is 25.8 Å². The zero-order valence-corrected chi connectivity index (χ0v) is 25.0. The largest absolute Gasteiger partial charge is 0.478 e. The zero-order valence-electron chi connectivity index (χ0n) is 23.4. The fourth-order valence-electron chi connectivity index (χ4n) is 6.29. The Hall–Kier alpha value is -3.27. The molecule has 6 rings (SSSR count). The van der Waals surface area contributed by atoms with E-state index in [1.54, 1.807) is 12.1 Å². The van der Waals surface area contributed by atoms with E-state index in [1.807, 2.05) is 48.3 Å². The minimum absolute atomic E-state index is 0.0272. The summed E-state index contributed by atoms with van der Waals surface area (Å²) in [7, 11) is 0. The van der Waals surface area contributed by atoms with Gasteiger partial charge in [-0.2, -0.15) is 11.8 Å². The summed E-state index contributed by atoms with van der Waals surface area (Å²) >= 11 is 8.37. The Bertz CT molecular complexity index is 1390. The van der Waals surface area contributed by atoms with Gasteiger partial charge in [0.25, 0.3) is 0 Å². The van der Waals surface area contributed by atoms with Gasteiger partial charge in [0.1, 0.15) is 5.75 Å². The number of halogens is 1. The highest BCUT2D eigenvalue weighted by Crippen LogP contribution is 2.38. The molecule has 3 aliphatic rings. The number of pyridine rings is 1. The Labute approximate surface area is 255 Å². The van der Waals surface area contributed by atoms with Crippen LogP contribution in [0.3, 0.4) is 0 Å². The minimum Gasteiger partial charge on any atom is -0.478 e. The molecule has 220 valence electrons. The first-order chi connectivity index (χ1) is 20.4. The number of carboxylic acids is 1. The van der Waals surface area contributed by atoms with E-state index < -0.39 is 5.97 Å². The molecular weight excluding hydrogens is 572 g/mol. The third-order valence-corrected chi connectivity index (χ3v) is 9.80. The van der Waals surface area contributed by atoms with Crippen LogP contribution in [0.2, 0.25) is 5.02 Å². The maximum atomic E-state index is 13.9. The standard InChI is InChI=1S/C32H35ClN4O4S/c33-25-3-1-2-24(18-25)29-21-36(26-12-16-42-17-13-26)32(40)37(29)27-10-14-35(15-11-27)20-22-4-9-30(34-19-22)41-28-7-5-23(6-8-28)31(38)39/h1-9,18-19,26-27,29H,10-17,20-21H2,(H,38,39). The van der Waals surface area contributed by atoms with Crippen LogP contribution in [0, 0.1) is 0 Å². The second kappa shape index (κ2) is 12.9. The molecule has 8 nitrogen and oxygen atoms in total. The number of amides is 2. The van der Waals surface area contributed by atoms with Crippen molar-refractivity contribution in [1.29, 1.82) is 0 Å². The smallest absolute Gasteiger partial charge is 0.335 e. The van der Waals surface area contributed by atoms with E-state index in [0.29, 0.717) is 22.7 Å². The van der Waals surface area contributed by atoms with Gasteiger partial charge in [0.15, 0.2) is 0 Å². The maximum absolute atomic E-state index is 13.9. The summed E-state index contributed by atoms with van der Waals surface area (Å²) in [6.45, 7) is 3.33. The normalized spacial score (nSPS) is 20.7. The lowest BCUT2D eigenvalue weighted by Gasteiger charge is -2.39. The fraction of sp³-hybridized carbons (Fsp3) is 0.406. The number of nitrogens with zero attached hydrogens (tertiary/aromatic N) is 4.